The van der Waals surface area contributed by atoms with E-state index in [-0.39, 0.29) is 0 Å². The molecule has 0 saturated heterocycles. The van der Waals surface area contributed by atoms with Gasteiger partial charge in [-0.25, -0.2) is 9.97 Å². The molecule has 0 bridgehead atoms. The number of rotatable bonds is 4. The molecule has 0 aliphatic carbocycles. The summed E-state index contributed by atoms with van der Waals surface area (Å²) in [4.78, 5) is 10.1. The number of hydrogen-bond acceptors (Lipinski definition) is 4. The molecule has 9 aromatic rings. The molecule has 0 amide bonds. The van der Waals surface area contributed by atoms with Crippen LogP contribution < -0.4 is 0 Å². The van der Waals surface area contributed by atoms with Gasteiger partial charge in [-0.05, 0) is 41.5 Å². The number of aromatic nitrogens is 2. The third-order valence-corrected chi connectivity index (χ3v) is 8.33. The number of para-hydroxylation sites is 2. The second-order valence-electron chi connectivity index (χ2n) is 11.0. The summed E-state index contributed by atoms with van der Waals surface area (Å²) in [5, 5.41) is 4.16. The summed E-state index contributed by atoms with van der Waals surface area (Å²) in [7, 11) is 0. The van der Waals surface area contributed by atoms with Crippen molar-refractivity contribution in [1.82, 2.24) is 9.97 Å². The highest BCUT2D eigenvalue weighted by molar-refractivity contribution is 6.20. The number of hydrogen-bond donors (Lipinski definition) is 0. The highest BCUT2D eigenvalue weighted by Crippen LogP contribution is 2.41. The van der Waals surface area contributed by atoms with E-state index in [0.717, 1.165) is 77.5 Å². The molecule has 0 unspecified atom stereocenters. The van der Waals surface area contributed by atoms with Gasteiger partial charge in [0.2, 0.25) is 0 Å². The summed E-state index contributed by atoms with van der Waals surface area (Å²) in [6.45, 7) is 0. The molecule has 0 N–H and O–H groups in total. The van der Waals surface area contributed by atoms with Crippen molar-refractivity contribution in [3.8, 4) is 45.0 Å². The minimum Gasteiger partial charge on any atom is -0.452 e. The van der Waals surface area contributed by atoms with Crippen LogP contribution in [0.25, 0.3) is 88.9 Å². The Hall–Kier alpha value is -6.00. The molecule has 4 nitrogen and oxygen atoms in total. The SMILES string of the molecule is c1ccc(-c2ccc(-c3cc(-c4cccc5c4oc4c5ccc5c6ccccc6oc54)nc(-c4ccccc4)n3)cc2)cc1. The van der Waals surface area contributed by atoms with E-state index in [1.54, 1.807) is 0 Å². The maximum Gasteiger partial charge on any atom is 0.178 e. The van der Waals surface area contributed by atoms with Crippen LogP contribution >= 0.6 is 0 Å². The van der Waals surface area contributed by atoms with Crippen molar-refractivity contribution in [2.24, 2.45) is 0 Å². The topological polar surface area (TPSA) is 52.1 Å². The Bertz CT molecular complexity index is 2470. The normalized spacial score (nSPS) is 11.6. The Morgan fingerprint density at radius 3 is 1.73 bits per heavy atom. The molecule has 206 valence electrons. The van der Waals surface area contributed by atoms with Gasteiger partial charge in [-0.3, -0.25) is 0 Å². The van der Waals surface area contributed by atoms with Gasteiger partial charge in [0.05, 0.1) is 11.4 Å². The zero-order chi connectivity index (χ0) is 29.0. The van der Waals surface area contributed by atoms with E-state index in [4.69, 9.17) is 18.8 Å². The third-order valence-electron chi connectivity index (χ3n) is 8.33. The van der Waals surface area contributed by atoms with E-state index in [1.807, 2.05) is 54.6 Å². The first-order valence-electron chi connectivity index (χ1n) is 14.7. The predicted molar refractivity (Wildman–Crippen MR) is 178 cm³/mol. The molecule has 3 heterocycles. The summed E-state index contributed by atoms with van der Waals surface area (Å²) < 4.78 is 13.0. The second kappa shape index (κ2) is 9.79. The van der Waals surface area contributed by atoms with Crippen LogP contribution in [0, 0.1) is 0 Å². The average molecular weight is 565 g/mol. The van der Waals surface area contributed by atoms with Crippen LogP contribution in [0.4, 0.5) is 0 Å². The molecule has 4 heteroatoms. The van der Waals surface area contributed by atoms with Gasteiger partial charge in [0, 0.05) is 38.2 Å². The smallest absolute Gasteiger partial charge is 0.178 e. The van der Waals surface area contributed by atoms with Crippen molar-refractivity contribution in [1.29, 1.82) is 0 Å². The van der Waals surface area contributed by atoms with Gasteiger partial charge in [-0.15, -0.1) is 0 Å². The van der Waals surface area contributed by atoms with E-state index >= 15 is 0 Å². The largest absolute Gasteiger partial charge is 0.452 e. The van der Waals surface area contributed by atoms with Gasteiger partial charge >= 0.3 is 0 Å². The van der Waals surface area contributed by atoms with Crippen molar-refractivity contribution < 1.29 is 8.83 Å². The Morgan fingerprint density at radius 1 is 0.364 bits per heavy atom. The summed E-state index contributed by atoms with van der Waals surface area (Å²) in [5.41, 5.74) is 10.0. The van der Waals surface area contributed by atoms with Gasteiger partial charge in [-0.1, -0.05) is 115 Å². The van der Waals surface area contributed by atoms with Crippen LogP contribution in [0.2, 0.25) is 0 Å². The molecule has 0 aliphatic rings. The molecular formula is C40H24N2O2. The number of benzene rings is 6. The average Bonchev–Trinajstić information content (AvgIpc) is 3.68. The van der Waals surface area contributed by atoms with Crippen molar-refractivity contribution in [2.75, 3.05) is 0 Å². The number of fused-ring (bicyclic) bond motifs is 7. The van der Waals surface area contributed by atoms with Crippen LogP contribution in [0.15, 0.2) is 154 Å². The predicted octanol–water partition coefficient (Wildman–Crippen LogP) is 10.9. The summed E-state index contributed by atoms with van der Waals surface area (Å²) in [6.07, 6.45) is 0. The van der Waals surface area contributed by atoms with Crippen LogP contribution in [0.3, 0.4) is 0 Å². The minimum absolute atomic E-state index is 0.665. The lowest BCUT2D eigenvalue weighted by Gasteiger charge is -2.10. The Balaban J connectivity index is 1.25. The van der Waals surface area contributed by atoms with Crippen molar-refractivity contribution in [3.05, 3.63) is 146 Å². The fraction of sp³-hybridized carbons (Fsp3) is 0. The third kappa shape index (κ3) is 3.92. The van der Waals surface area contributed by atoms with E-state index in [1.165, 1.54) is 5.56 Å². The van der Waals surface area contributed by atoms with E-state index in [0.29, 0.717) is 5.82 Å². The molecule has 0 fully saturated rings. The standard InChI is InChI=1S/C40H24N2O2/c1-3-10-25(11-4-1)26-18-20-27(21-19-26)34-24-35(42-40(41-34)28-12-5-2-6-13-28)33-16-9-15-30-32-23-22-31-29-14-7-8-17-36(29)43-38(31)39(32)44-37(30)33/h1-24H. The van der Waals surface area contributed by atoms with Gasteiger partial charge in [0.25, 0.3) is 0 Å². The molecule has 6 aromatic carbocycles. The van der Waals surface area contributed by atoms with Gasteiger partial charge in [0.1, 0.15) is 11.2 Å². The summed E-state index contributed by atoms with van der Waals surface area (Å²) in [5.74, 6) is 0.665. The zero-order valence-corrected chi connectivity index (χ0v) is 23.6. The van der Waals surface area contributed by atoms with Crippen LogP contribution in [0.5, 0.6) is 0 Å². The van der Waals surface area contributed by atoms with Gasteiger partial charge in [0.15, 0.2) is 17.0 Å². The van der Waals surface area contributed by atoms with E-state index in [9.17, 15) is 0 Å². The van der Waals surface area contributed by atoms with Gasteiger partial charge < -0.3 is 8.83 Å². The molecule has 0 aliphatic heterocycles. The molecule has 0 spiro atoms. The summed E-state index contributed by atoms with van der Waals surface area (Å²) in [6, 6.07) is 49.7. The first kappa shape index (κ1) is 24.6. The number of furan rings is 2. The minimum atomic E-state index is 0.665. The van der Waals surface area contributed by atoms with E-state index < -0.39 is 0 Å². The fourth-order valence-corrected chi connectivity index (χ4v) is 6.15. The van der Waals surface area contributed by atoms with Crippen molar-refractivity contribution in [3.63, 3.8) is 0 Å². The lowest BCUT2D eigenvalue weighted by atomic mass is 10.0. The quantitative estimate of drug-likeness (QED) is 0.213. The maximum absolute atomic E-state index is 6.68. The lowest BCUT2D eigenvalue weighted by molar-refractivity contribution is 0.634. The number of nitrogens with zero attached hydrogens (tertiary/aromatic N) is 2. The fourth-order valence-electron chi connectivity index (χ4n) is 6.15. The van der Waals surface area contributed by atoms with Crippen molar-refractivity contribution in [2.45, 2.75) is 0 Å². The molecule has 0 atom stereocenters. The van der Waals surface area contributed by atoms with Crippen LogP contribution in [-0.2, 0) is 0 Å². The maximum atomic E-state index is 6.68. The lowest BCUT2D eigenvalue weighted by Crippen LogP contribution is -1.96. The van der Waals surface area contributed by atoms with E-state index in [2.05, 4.69) is 91.0 Å². The molecule has 44 heavy (non-hydrogen) atoms. The monoisotopic (exact) mass is 564 g/mol. The zero-order valence-electron chi connectivity index (χ0n) is 23.6. The summed E-state index contributed by atoms with van der Waals surface area (Å²) >= 11 is 0. The Morgan fingerprint density at radius 2 is 0.932 bits per heavy atom. The Labute approximate surface area is 252 Å². The molecule has 0 radical (unpaired) electrons. The van der Waals surface area contributed by atoms with Crippen LogP contribution in [-0.4, -0.2) is 9.97 Å². The first-order chi connectivity index (χ1) is 21.8. The van der Waals surface area contributed by atoms with Crippen LogP contribution in [0.1, 0.15) is 0 Å². The molecule has 3 aromatic heterocycles. The molecule has 9 rings (SSSR count). The molecular weight excluding hydrogens is 540 g/mol. The molecule has 0 saturated carbocycles. The first-order valence-corrected chi connectivity index (χ1v) is 14.7. The highest BCUT2D eigenvalue weighted by atomic mass is 16.4. The van der Waals surface area contributed by atoms with Crippen molar-refractivity contribution >= 4 is 43.9 Å². The second-order valence-corrected chi connectivity index (χ2v) is 11.0. The van der Waals surface area contributed by atoms with Gasteiger partial charge in [-0.2, -0.15) is 0 Å². The Kier molecular flexibility index (Phi) is 5.47. The highest BCUT2D eigenvalue weighted by Gasteiger charge is 2.19.